The van der Waals surface area contributed by atoms with Gasteiger partial charge in [-0.25, -0.2) is 8.78 Å². The summed E-state index contributed by atoms with van der Waals surface area (Å²) in [5.74, 6) is 4.27. The Morgan fingerprint density at radius 2 is 1.90 bits per heavy atom. The minimum absolute atomic E-state index is 0.285. The van der Waals surface area contributed by atoms with Crippen molar-refractivity contribution in [2.24, 2.45) is 5.84 Å². The Bertz CT molecular complexity index is 662. The molecular weight excluding hydrogens is 317 g/mol. The van der Waals surface area contributed by atoms with Crippen LogP contribution in [0.3, 0.4) is 0 Å². The van der Waals surface area contributed by atoms with Crippen molar-refractivity contribution < 1.29 is 8.78 Å². The largest absolute Gasteiger partial charge is 0.271 e. The van der Waals surface area contributed by atoms with Crippen molar-refractivity contribution in [1.29, 1.82) is 0 Å². The van der Waals surface area contributed by atoms with Crippen molar-refractivity contribution in [1.82, 2.24) is 5.43 Å². The lowest BCUT2D eigenvalue weighted by Gasteiger charge is -2.19. The zero-order valence-electron chi connectivity index (χ0n) is 11.3. The maximum Gasteiger partial charge on any atom is 0.130 e. The molecule has 0 aliphatic rings. The Balaban J connectivity index is 2.37. The summed E-state index contributed by atoms with van der Waals surface area (Å²) < 4.78 is 27.3. The van der Waals surface area contributed by atoms with Crippen LogP contribution >= 0.6 is 23.2 Å². The van der Waals surface area contributed by atoms with Gasteiger partial charge in [-0.05, 0) is 36.6 Å². The summed E-state index contributed by atoms with van der Waals surface area (Å²) in [6.07, 6.45) is 0.331. The molecule has 0 amide bonds. The van der Waals surface area contributed by atoms with Crippen molar-refractivity contribution >= 4 is 23.2 Å². The van der Waals surface area contributed by atoms with E-state index in [1.807, 2.05) is 0 Å². The second kappa shape index (κ2) is 6.71. The van der Waals surface area contributed by atoms with Gasteiger partial charge in [0.05, 0.1) is 16.1 Å². The van der Waals surface area contributed by atoms with Crippen LogP contribution < -0.4 is 11.3 Å². The summed E-state index contributed by atoms with van der Waals surface area (Å²) >= 11 is 12.1. The topological polar surface area (TPSA) is 38.0 Å². The summed E-state index contributed by atoms with van der Waals surface area (Å²) in [6.45, 7) is 1.57. The van der Waals surface area contributed by atoms with Gasteiger partial charge in [0.1, 0.15) is 11.6 Å². The summed E-state index contributed by atoms with van der Waals surface area (Å²) in [5.41, 5.74) is 3.90. The molecule has 2 rings (SSSR count). The highest BCUT2D eigenvalue weighted by molar-refractivity contribution is 6.42. The number of benzene rings is 2. The second-order valence-corrected chi connectivity index (χ2v) is 5.54. The number of halogens is 4. The quantitative estimate of drug-likeness (QED) is 0.647. The van der Waals surface area contributed by atoms with E-state index in [4.69, 9.17) is 29.0 Å². The van der Waals surface area contributed by atoms with E-state index in [0.717, 1.165) is 11.6 Å². The lowest BCUT2D eigenvalue weighted by atomic mass is 9.97. The highest BCUT2D eigenvalue weighted by Crippen LogP contribution is 2.30. The van der Waals surface area contributed by atoms with Gasteiger partial charge in [0, 0.05) is 11.6 Å². The molecule has 2 aromatic carbocycles. The third-order valence-electron chi connectivity index (χ3n) is 3.31. The monoisotopic (exact) mass is 330 g/mol. The molecule has 0 saturated heterocycles. The normalized spacial score (nSPS) is 12.5. The summed E-state index contributed by atoms with van der Waals surface area (Å²) in [6, 6.07) is 6.96. The number of hydrogen-bond donors (Lipinski definition) is 2. The van der Waals surface area contributed by atoms with Gasteiger partial charge in [-0.15, -0.1) is 0 Å². The van der Waals surface area contributed by atoms with Crippen LogP contribution in [0.25, 0.3) is 0 Å². The SMILES string of the molecule is Cc1cc(C(Cc2cccc(Cl)c2Cl)NN)c(F)cc1F. The van der Waals surface area contributed by atoms with Crippen LogP contribution in [0.2, 0.25) is 10.0 Å². The molecule has 1 atom stereocenters. The van der Waals surface area contributed by atoms with Gasteiger partial charge >= 0.3 is 0 Å². The van der Waals surface area contributed by atoms with Crippen LogP contribution in [0.4, 0.5) is 8.78 Å². The first-order valence-electron chi connectivity index (χ1n) is 6.28. The molecule has 6 heteroatoms. The smallest absolute Gasteiger partial charge is 0.130 e. The molecule has 0 fully saturated rings. The van der Waals surface area contributed by atoms with Gasteiger partial charge in [0.15, 0.2) is 0 Å². The molecule has 2 nitrogen and oxygen atoms in total. The van der Waals surface area contributed by atoms with Crippen molar-refractivity contribution in [3.63, 3.8) is 0 Å². The number of aryl methyl sites for hydroxylation is 1. The minimum atomic E-state index is -0.654. The zero-order valence-corrected chi connectivity index (χ0v) is 12.8. The van der Waals surface area contributed by atoms with E-state index in [2.05, 4.69) is 5.43 Å². The molecule has 3 N–H and O–H groups in total. The number of hydrazine groups is 1. The molecule has 0 aromatic heterocycles. The third kappa shape index (κ3) is 3.52. The van der Waals surface area contributed by atoms with E-state index in [1.54, 1.807) is 25.1 Å². The van der Waals surface area contributed by atoms with Crippen LogP contribution in [0.1, 0.15) is 22.7 Å². The maximum atomic E-state index is 14.0. The van der Waals surface area contributed by atoms with Gasteiger partial charge in [0.25, 0.3) is 0 Å². The Kier molecular flexibility index (Phi) is 5.17. The van der Waals surface area contributed by atoms with Crippen LogP contribution in [0.5, 0.6) is 0 Å². The van der Waals surface area contributed by atoms with E-state index in [-0.39, 0.29) is 5.56 Å². The number of nitrogens with one attached hydrogen (secondary N) is 1. The van der Waals surface area contributed by atoms with Crippen molar-refractivity contribution in [2.75, 3.05) is 0 Å². The predicted molar refractivity (Wildman–Crippen MR) is 81.3 cm³/mol. The van der Waals surface area contributed by atoms with E-state index in [9.17, 15) is 8.78 Å². The highest BCUT2D eigenvalue weighted by atomic mass is 35.5. The zero-order chi connectivity index (χ0) is 15.6. The van der Waals surface area contributed by atoms with E-state index >= 15 is 0 Å². The van der Waals surface area contributed by atoms with Gasteiger partial charge in [-0.3, -0.25) is 11.3 Å². The molecule has 0 radical (unpaired) electrons. The molecule has 0 bridgehead atoms. The summed E-state index contributed by atoms with van der Waals surface area (Å²) in [4.78, 5) is 0. The molecule has 0 aliphatic carbocycles. The highest BCUT2D eigenvalue weighted by Gasteiger charge is 2.19. The van der Waals surface area contributed by atoms with Crippen LogP contribution in [0.15, 0.2) is 30.3 Å². The molecule has 0 heterocycles. The number of rotatable bonds is 4. The summed E-state index contributed by atoms with van der Waals surface area (Å²) in [5, 5.41) is 0.819. The molecule has 0 aliphatic heterocycles. The van der Waals surface area contributed by atoms with E-state index in [1.165, 1.54) is 6.07 Å². The van der Waals surface area contributed by atoms with E-state index < -0.39 is 17.7 Å². The predicted octanol–water partition coefficient (Wildman–Crippen LogP) is 4.33. The number of hydrogen-bond acceptors (Lipinski definition) is 2. The standard InChI is InChI=1S/C15H14Cl2F2N2/c1-8-5-10(13(19)7-12(8)18)14(21-20)6-9-3-2-4-11(16)15(9)17/h2-5,7,14,21H,6,20H2,1H3. The van der Waals surface area contributed by atoms with Gasteiger partial charge in [-0.1, -0.05) is 35.3 Å². The lowest BCUT2D eigenvalue weighted by Crippen LogP contribution is -2.30. The van der Waals surface area contributed by atoms with Gasteiger partial charge in [-0.2, -0.15) is 0 Å². The Morgan fingerprint density at radius 1 is 1.19 bits per heavy atom. The Morgan fingerprint density at radius 3 is 2.57 bits per heavy atom. The first-order chi connectivity index (χ1) is 9.93. The molecule has 0 saturated carbocycles. The molecule has 2 aromatic rings. The lowest BCUT2D eigenvalue weighted by molar-refractivity contribution is 0.500. The van der Waals surface area contributed by atoms with Crippen molar-refractivity contribution in [2.45, 2.75) is 19.4 Å². The first-order valence-corrected chi connectivity index (χ1v) is 7.04. The average molecular weight is 331 g/mol. The molecular formula is C15H14Cl2F2N2. The average Bonchev–Trinajstić information content (AvgIpc) is 2.45. The number of nitrogens with two attached hydrogens (primary N) is 1. The summed E-state index contributed by atoms with van der Waals surface area (Å²) in [7, 11) is 0. The van der Waals surface area contributed by atoms with Crippen LogP contribution in [0, 0.1) is 18.6 Å². The molecule has 1 unspecified atom stereocenters. The Hall–Kier alpha value is -1.20. The van der Waals surface area contributed by atoms with Crippen molar-refractivity contribution in [3.05, 3.63) is 68.7 Å². The second-order valence-electron chi connectivity index (χ2n) is 4.76. The molecule has 21 heavy (non-hydrogen) atoms. The van der Waals surface area contributed by atoms with Crippen LogP contribution in [-0.2, 0) is 6.42 Å². The van der Waals surface area contributed by atoms with Crippen molar-refractivity contribution in [3.8, 4) is 0 Å². The van der Waals surface area contributed by atoms with Gasteiger partial charge < -0.3 is 0 Å². The van der Waals surface area contributed by atoms with Gasteiger partial charge in [0.2, 0.25) is 0 Å². The molecule has 112 valence electrons. The van der Waals surface area contributed by atoms with E-state index in [0.29, 0.717) is 22.0 Å². The maximum absolute atomic E-state index is 14.0. The fourth-order valence-electron chi connectivity index (χ4n) is 2.13. The minimum Gasteiger partial charge on any atom is -0.271 e. The Labute approximate surface area is 131 Å². The fraction of sp³-hybridized carbons (Fsp3) is 0.200. The fourth-order valence-corrected chi connectivity index (χ4v) is 2.53. The first kappa shape index (κ1) is 16.2. The van der Waals surface area contributed by atoms with Crippen LogP contribution in [-0.4, -0.2) is 0 Å². The molecule has 0 spiro atoms. The third-order valence-corrected chi connectivity index (χ3v) is 4.17.